The molecule has 1 saturated heterocycles. The summed E-state index contributed by atoms with van der Waals surface area (Å²) >= 11 is 0. The maximum absolute atomic E-state index is 12.6. The Morgan fingerprint density at radius 1 is 1.37 bits per heavy atom. The third-order valence-corrected chi connectivity index (χ3v) is 4.04. The van der Waals surface area contributed by atoms with Gasteiger partial charge in [-0.3, -0.25) is 4.79 Å². The zero-order valence-electron chi connectivity index (χ0n) is 11.5. The lowest BCUT2D eigenvalue weighted by Gasteiger charge is -2.31. The molecule has 1 aliphatic rings. The summed E-state index contributed by atoms with van der Waals surface area (Å²) in [6.07, 6.45) is 1.97. The molecule has 1 atom stereocenters. The van der Waals surface area contributed by atoms with Crippen LogP contribution in [0, 0.1) is 12.3 Å². The van der Waals surface area contributed by atoms with E-state index in [1.54, 1.807) is 0 Å². The van der Waals surface area contributed by atoms with E-state index in [1.165, 1.54) is 5.56 Å². The Morgan fingerprint density at radius 2 is 2.21 bits per heavy atom. The molecule has 0 amide bonds. The summed E-state index contributed by atoms with van der Waals surface area (Å²) in [6.45, 7) is 5.81. The van der Waals surface area contributed by atoms with Crippen LogP contribution < -0.4 is 5.32 Å². The molecule has 3 rings (SSSR count). The number of furan rings is 1. The van der Waals surface area contributed by atoms with E-state index >= 15 is 0 Å². The highest BCUT2D eigenvalue weighted by Gasteiger charge is 2.36. The lowest BCUT2D eigenvalue weighted by Crippen LogP contribution is -2.43. The van der Waals surface area contributed by atoms with Crippen LogP contribution in [-0.4, -0.2) is 18.9 Å². The quantitative estimate of drug-likeness (QED) is 0.839. The van der Waals surface area contributed by atoms with E-state index in [2.05, 4.69) is 11.4 Å². The fraction of sp³-hybridized carbons (Fsp3) is 0.438. The van der Waals surface area contributed by atoms with E-state index in [9.17, 15) is 4.79 Å². The number of fused-ring (bicyclic) bond motifs is 1. The second kappa shape index (κ2) is 4.49. The summed E-state index contributed by atoms with van der Waals surface area (Å²) in [5.41, 5.74) is 1.64. The van der Waals surface area contributed by atoms with Gasteiger partial charge < -0.3 is 9.73 Å². The maximum Gasteiger partial charge on any atom is 0.205 e. The molecule has 3 heteroatoms. The van der Waals surface area contributed by atoms with Gasteiger partial charge in [-0.1, -0.05) is 18.6 Å². The van der Waals surface area contributed by atoms with Gasteiger partial charge in [-0.15, -0.1) is 0 Å². The van der Waals surface area contributed by atoms with Crippen LogP contribution in [0.15, 0.2) is 28.7 Å². The van der Waals surface area contributed by atoms with Gasteiger partial charge in [0.15, 0.2) is 5.76 Å². The molecule has 0 radical (unpaired) electrons. The number of aryl methyl sites for hydroxylation is 1. The summed E-state index contributed by atoms with van der Waals surface area (Å²) in [4.78, 5) is 12.6. The van der Waals surface area contributed by atoms with Crippen molar-refractivity contribution in [3.05, 3.63) is 35.6 Å². The number of nitrogens with one attached hydrogen (secondary N) is 1. The fourth-order valence-corrected chi connectivity index (χ4v) is 2.82. The molecule has 1 aliphatic heterocycles. The number of ketones is 1. The third-order valence-electron chi connectivity index (χ3n) is 4.04. The van der Waals surface area contributed by atoms with Crippen molar-refractivity contribution in [3.63, 3.8) is 0 Å². The molecule has 0 aliphatic carbocycles. The van der Waals surface area contributed by atoms with Crippen LogP contribution in [0.3, 0.4) is 0 Å². The first-order valence-electron chi connectivity index (χ1n) is 6.84. The second-order valence-corrected chi connectivity index (χ2v) is 5.82. The molecule has 19 heavy (non-hydrogen) atoms. The van der Waals surface area contributed by atoms with E-state index < -0.39 is 0 Å². The van der Waals surface area contributed by atoms with Crippen molar-refractivity contribution in [2.75, 3.05) is 13.1 Å². The van der Waals surface area contributed by atoms with E-state index in [0.29, 0.717) is 5.76 Å². The van der Waals surface area contributed by atoms with Crippen LogP contribution in [-0.2, 0) is 0 Å². The molecule has 0 spiro atoms. The monoisotopic (exact) mass is 257 g/mol. The molecule has 1 fully saturated rings. The average molecular weight is 257 g/mol. The Morgan fingerprint density at radius 3 is 2.95 bits per heavy atom. The minimum absolute atomic E-state index is 0.119. The fourth-order valence-electron chi connectivity index (χ4n) is 2.82. The van der Waals surface area contributed by atoms with Gasteiger partial charge in [-0.05, 0) is 44.5 Å². The van der Waals surface area contributed by atoms with Crippen LogP contribution in [0.5, 0.6) is 0 Å². The van der Waals surface area contributed by atoms with Crippen LogP contribution in [0.2, 0.25) is 0 Å². The summed E-state index contributed by atoms with van der Waals surface area (Å²) < 4.78 is 5.73. The summed E-state index contributed by atoms with van der Waals surface area (Å²) in [7, 11) is 0. The van der Waals surface area contributed by atoms with Crippen molar-refractivity contribution in [3.8, 4) is 0 Å². The van der Waals surface area contributed by atoms with Gasteiger partial charge in [-0.25, -0.2) is 0 Å². The lowest BCUT2D eigenvalue weighted by molar-refractivity contribution is 0.0744. The van der Waals surface area contributed by atoms with Crippen molar-refractivity contribution in [1.29, 1.82) is 0 Å². The van der Waals surface area contributed by atoms with E-state index in [4.69, 9.17) is 4.42 Å². The van der Waals surface area contributed by atoms with Gasteiger partial charge in [0, 0.05) is 17.3 Å². The molecular formula is C16H19NO2. The Balaban J connectivity index is 1.97. The predicted molar refractivity (Wildman–Crippen MR) is 75.5 cm³/mol. The van der Waals surface area contributed by atoms with Gasteiger partial charge in [0.25, 0.3) is 0 Å². The summed E-state index contributed by atoms with van der Waals surface area (Å²) in [6, 6.07) is 7.87. The highest BCUT2D eigenvalue weighted by Crippen LogP contribution is 2.32. The van der Waals surface area contributed by atoms with Crippen molar-refractivity contribution in [1.82, 2.24) is 5.32 Å². The number of hydrogen-bond donors (Lipinski definition) is 1. The summed E-state index contributed by atoms with van der Waals surface area (Å²) in [5, 5.41) is 4.32. The number of carbonyl (C=O) groups excluding carboxylic acids is 1. The number of piperidine rings is 1. The first kappa shape index (κ1) is 12.4. The van der Waals surface area contributed by atoms with Gasteiger partial charge in [0.2, 0.25) is 5.78 Å². The van der Waals surface area contributed by atoms with Gasteiger partial charge >= 0.3 is 0 Å². The van der Waals surface area contributed by atoms with Crippen LogP contribution in [0.1, 0.15) is 35.9 Å². The molecule has 1 aromatic carbocycles. The van der Waals surface area contributed by atoms with Crippen LogP contribution >= 0.6 is 0 Å². The van der Waals surface area contributed by atoms with Crippen LogP contribution in [0.4, 0.5) is 0 Å². The molecule has 1 unspecified atom stereocenters. The van der Waals surface area contributed by atoms with Gasteiger partial charge in [0.1, 0.15) is 5.58 Å². The molecule has 1 aromatic heterocycles. The lowest BCUT2D eigenvalue weighted by atomic mass is 9.78. The molecule has 1 N–H and O–H groups in total. The smallest absolute Gasteiger partial charge is 0.205 e. The highest BCUT2D eigenvalue weighted by molar-refractivity contribution is 6.01. The molecule has 2 aromatic rings. The standard InChI is InChI=1S/C16H19NO2/c1-11-4-5-13-12(8-11)9-14(19-13)15(18)16(2)6-3-7-17-10-16/h4-5,8-9,17H,3,6-7,10H2,1-2H3. The highest BCUT2D eigenvalue weighted by atomic mass is 16.3. The van der Waals surface area contributed by atoms with Gasteiger partial charge in [0.05, 0.1) is 0 Å². The minimum atomic E-state index is -0.332. The Bertz CT molecular complexity index is 621. The normalized spacial score (nSPS) is 23.7. The summed E-state index contributed by atoms with van der Waals surface area (Å²) in [5.74, 6) is 0.611. The Kier molecular flexibility index (Phi) is 2.94. The van der Waals surface area contributed by atoms with Crippen molar-refractivity contribution >= 4 is 16.8 Å². The predicted octanol–water partition coefficient (Wildman–Crippen LogP) is 3.31. The first-order chi connectivity index (χ1) is 9.08. The number of carbonyl (C=O) groups is 1. The molecular weight excluding hydrogens is 238 g/mol. The van der Waals surface area contributed by atoms with Gasteiger partial charge in [-0.2, -0.15) is 0 Å². The number of hydrogen-bond acceptors (Lipinski definition) is 3. The topological polar surface area (TPSA) is 42.2 Å². The van der Waals surface area contributed by atoms with E-state index in [-0.39, 0.29) is 11.2 Å². The van der Waals surface area contributed by atoms with Crippen LogP contribution in [0.25, 0.3) is 11.0 Å². The maximum atomic E-state index is 12.6. The second-order valence-electron chi connectivity index (χ2n) is 5.82. The first-order valence-corrected chi connectivity index (χ1v) is 6.84. The Hall–Kier alpha value is -1.61. The number of rotatable bonds is 2. The average Bonchev–Trinajstić information content (AvgIpc) is 2.81. The van der Waals surface area contributed by atoms with Crippen molar-refractivity contribution in [2.24, 2.45) is 5.41 Å². The van der Waals surface area contributed by atoms with E-state index in [1.807, 2.05) is 32.0 Å². The SMILES string of the molecule is Cc1ccc2oc(C(=O)C3(C)CCCNC3)cc2c1. The third kappa shape index (κ3) is 2.19. The minimum Gasteiger partial charge on any atom is -0.453 e. The number of benzene rings is 1. The zero-order valence-corrected chi connectivity index (χ0v) is 11.5. The largest absolute Gasteiger partial charge is 0.453 e. The van der Waals surface area contributed by atoms with E-state index in [0.717, 1.165) is 36.9 Å². The molecule has 0 bridgehead atoms. The molecule has 2 heterocycles. The van der Waals surface area contributed by atoms with Crippen molar-refractivity contribution < 1.29 is 9.21 Å². The zero-order chi connectivity index (χ0) is 13.5. The van der Waals surface area contributed by atoms with Crippen molar-refractivity contribution in [2.45, 2.75) is 26.7 Å². The molecule has 100 valence electrons. The number of Topliss-reactive ketones (excluding diaryl/α,β-unsaturated/α-hetero) is 1. The molecule has 3 nitrogen and oxygen atoms in total. The molecule has 0 saturated carbocycles. The Labute approximate surface area is 113 Å².